The van der Waals surface area contributed by atoms with Crippen molar-refractivity contribution in [1.29, 1.82) is 0 Å². The molecule has 4 rings (SSSR count). The molecule has 0 aromatic heterocycles. The van der Waals surface area contributed by atoms with Gasteiger partial charge in [0.15, 0.2) is 0 Å². The minimum atomic E-state index is -0.520. The number of amides is 3. The summed E-state index contributed by atoms with van der Waals surface area (Å²) in [4.78, 5) is 40.1. The summed E-state index contributed by atoms with van der Waals surface area (Å²) >= 11 is 1.41. The van der Waals surface area contributed by atoms with Gasteiger partial charge >= 0.3 is 0 Å². The van der Waals surface area contributed by atoms with Crippen molar-refractivity contribution in [2.45, 2.75) is 30.9 Å². The van der Waals surface area contributed by atoms with Gasteiger partial charge in [0.05, 0.1) is 19.5 Å². The van der Waals surface area contributed by atoms with Crippen LogP contribution in [-0.4, -0.2) is 37.2 Å². The number of nitrogens with one attached hydrogen (secondary N) is 3. The zero-order valence-electron chi connectivity index (χ0n) is 25.3. The van der Waals surface area contributed by atoms with E-state index in [4.69, 9.17) is 9.47 Å². The highest BCUT2D eigenvalue weighted by molar-refractivity contribution is 8.00. The van der Waals surface area contributed by atoms with Crippen LogP contribution in [0, 0.1) is 13.8 Å². The monoisotopic (exact) mass is 609 g/mol. The first-order chi connectivity index (χ1) is 21.1. The van der Waals surface area contributed by atoms with Crippen molar-refractivity contribution in [2.75, 3.05) is 24.9 Å². The Morgan fingerprint density at radius 1 is 0.773 bits per heavy atom. The van der Waals surface area contributed by atoms with E-state index in [2.05, 4.69) is 22.0 Å². The molecule has 0 radical (unpaired) electrons. The van der Waals surface area contributed by atoms with Crippen LogP contribution in [-0.2, 0) is 9.59 Å². The molecular weight excluding hydrogens is 574 g/mol. The van der Waals surface area contributed by atoms with E-state index in [9.17, 15) is 14.4 Å². The normalized spacial score (nSPS) is 11.7. The van der Waals surface area contributed by atoms with Crippen molar-refractivity contribution in [3.63, 3.8) is 0 Å². The van der Waals surface area contributed by atoms with Crippen LogP contribution in [0.15, 0.2) is 102 Å². The summed E-state index contributed by atoms with van der Waals surface area (Å²) < 4.78 is 10.8. The third-order valence-electron chi connectivity index (χ3n) is 6.55. The Morgan fingerprint density at radius 3 is 2.09 bits per heavy atom. The summed E-state index contributed by atoms with van der Waals surface area (Å²) in [6.07, 6.45) is 1.55. The van der Waals surface area contributed by atoms with Gasteiger partial charge in [-0.1, -0.05) is 24.3 Å². The molecule has 44 heavy (non-hydrogen) atoms. The molecule has 8 nitrogen and oxygen atoms in total. The predicted molar refractivity (Wildman–Crippen MR) is 176 cm³/mol. The molecule has 1 unspecified atom stereocenters. The van der Waals surface area contributed by atoms with E-state index in [1.54, 1.807) is 67.8 Å². The average molecular weight is 610 g/mol. The largest absolute Gasteiger partial charge is 0.497 e. The number of benzene rings is 4. The van der Waals surface area contributed by atoms with Crippen molar-refractivity contribution in [3.05, 3.63) is 119 Å². The lowest BCUT2D eigenvalue weighted by Crippen LogP contribution is -2.30. The zero-order valence-corrected chi connectivity index (χ0v) is 26.1. The highest BCUT2D eigenvalue weighted by atomic mass is 32.2. The number of thioether (sulfide) groups is 1. The van der Waals surface area contributed by atoms with Gasteiger partial charge < -0.3 is 25.4 Å². The smallest absolute Gasteiger partial charge is 0.272 e. The number of carbonyl (C=O) groups excluding carboxylic acids is 3. The molecule has 1 atom stereocenters. The van der Waals surface area contributed by atoms with E-state index in [0.29, 0.717) is 28.3 Å². The summed E-state index contributed by atoms with van der Waals surface area (Å²) in [5.41, 5.74) is 4.47. The van der Waals surface area contributed by atoms with Crippen LogP contribution in [0.3, 0.4) is 0 Å². The van der Waals surface area contributed by atoms with Crippen LogP contribution in [0.25, 0.3) is 6.08 Å². The summed E-state index contributed by atoms with van der Waals surface area (Å²) in [7, 11) is 3.07. The highest BCUT2D eigenvalue weighted by Crippen LogP contribution is 2.28. The molecule has 4 aromatic carbocycles. The number of hydrogen-bond donors (Lipinski definition) is 3. The van der Waals surface area contributed by atoms with Crippen molar-refractivity contribution in [2.24, 2.45) is 0 Å². The van der Waals surface area contributed by atoms with E-state index >= 15 is 0 Å². The van der Waals surface area contributed by atoms with E-state index in [1.807, 2.05) is 51.1 Å². The molecule has 9 heteroatoms. The van der Waals surface area contributed by atoms with Crippen LogP contribution < -0.4 is 25.4 Å². The standard InChI is InChI=1S/C35H35N3O5S/c1-22-17-23(2)19-28(18-22)37-33(39)24(3)44-30-15-12-27(13-16-30)36-35(41)31(38-34(40)25-9-7-6-8-10-25)20-26-11-14-29(42-4)21-32(26)43-5/h6-21,24H,1-5H3,(H,36,41)(H,37,39)(H,38,40)/b31-20-. The third kappa shape index (κ3) is 8.75. The second-order valence-electron chi connectivity index (χ2n) is 10.1. The lowest BCUT2D eigenvalue weighted by atomic mass is 10.1. The second-order valence-corrected chi connectivity index (χ2v) is 11.5. The van der Waals surface area contributed by atoms with E-state index < -0.39 is 11.8 Å². The van der Waals surface area contributed by atoms with Crippen molar-refractivity contribution < 1.29 is 23.9 Å². The Morgan fingerprint density at radius 2 is 1.45 bits per heavy atom. The van der Waals surface area contributed by atoms with Gasteiger partial charge in [0.1, 0.15) is 17.2 Å². The van der Waals surface area contributed by atoms with Gasteiger partial charge in [-0.25, -0.2) is 0 Å². The fourth-order valence-corrected chi connectivity index (χ4v) is 5.27. The highest BCUT2D eigenvalue weighted by Gasteiger charge is 2.18. The summed E-state index contributed by atoms with van der Waals surface area (Å²) in [5.74, 6) is 0.0114. The lowest BCUT2D eigenvalue weighted by Gasteiger charge is -2.14. The number of methoxy groups -OCH3 is 2. The van der Waals surface area contributed by atoms with Gasteiger partial charge in [0.2, 0.25) is 5.91 Å². The maximum atomic E-state index is 13.5. The Balaban J connectivity index is 1.48. The number of hydrogen-bond acceptors (Lipinski definition) is 6. The predicted octanol–water partition coefficient (Wildman–Crippen LogP) is 6.85. The van der Waals surface area contributed by atoms with Crippen LogP contribution in [0.2, 0.25) is 0 Å². The molecule has 0 spiro atoms. The number of ether oxygens (including phenoxy) is 2. The molecule has 0 aliphatic rings. The van der Waals surface area contributed by atoms with E-state index in [-0.39, 0.29) is 16.9 Å². The van der Waals surface area contributed by atoms with Crippen LogP contribution in [0.5, 0.6) is 11.5 Å². The third-order valence-corrected chi connectivity index (χ3v) is 7.66. The van der Waals surface area contributed by atoms with Gasteiger partial charge in [-0.3, -0.25) is 14.4 Å². The Labute approximate surface area is 261 Å². The number of carbonyl (C=O) groups is 3. The first-order valence-corrected chi connectivity index (χ1v) is 14.8. The first kappa shape index (κ1) is 31.9. The molecule has 0 heterocycles. The summed E-state index contributed by atoms with van der Waals surface area (Å²) in [6, 6.07) is 26.9. The number of aryl methyl sites for hydroxylation is 2. The maximum absolute atomic E-state index is 13.5. The average Bonchev–Trinajstić information content (AvgIpc) is 3.01. The molecular formula is C35H35N3O5S. The van der Waals surface area contributed by atoms with Crippen molar-refractivity contribution in [3.8, 4) is 11.5 Å². The summed E-state index contributed by atoms with van der Waals surface area (Å²) in [5, 5.41) is 8.22. The Hall–Kier alpha value is -5.02. The molecule has 0 aliphatic carbocycles. The topological polar surface area (TPSA) is 106 Å². The first-order valence-electron chi connectivity index (χ1n) is 13.9. The second kappa shape index (κ2) is 14.9. The Bertz CT molecular complexity index is 1650. The van der Waals surface area contributed by atoms with Crippen molar-refractivity contribution in [1.82, 2.24) is 5.32 Å². The minimum absolute atomic E-state index is 0.0254. The fraction of sp³-hybridized carbons (Fsp3) is 0.171. The Kier molecular flexibility index (Phi) is 10.8. The van der Waals surface area contributed by atoms with Crippen molar-refractivity contribution >= 4 is 46.9 Å². The molecule has 0 bridgehead atoms. The van der Waals surface area contributed by atoms with Crippen LogP contribution in [0.4, 0.5) is 11.4 Å². The lowest BCUT2D eigenvalue weighted by molar-refractivity contribution is -0.115. The molecule has 3 N–H and O–H groups in total. The molecule has 0 saturated carbocycles. The molecule has 0 saturated heterocycles. The van der Waals surface area contributed by atoms with Gasteiger partial charge in [-0.2, -0.15) is 0 Å². The maximum Gasteiger partial charge on any atom is 0.272 e. The summed E-state index contributed by atoms with van der Waals surface area (Å²) in [6.45, 7) is 5.83. The quantitative estimate of drug-likeness (QED) is 0.127. The van der Waals surface area contributed by atoms with Crippen LogP contribution >= 0.6 is 11.8 Å². The van der Waals surface area contributed by atoms with E-state index in [1.165, 1.54) is 18.9 Å². The zero-order chi connectivity index (χ0) is 31.6. The molecule has 3 amide bonds. The van der Waals surface area contributed by atoms with Gasteiger partial charge in [-0.15, -0.1) is 11.8 Å². The van der Waals surface area contributed by atoms with Gasteiger partial charge in [0.25, 0.3) is 11.8 Å². The molecule has 0 fully saturated rings. The molecule has 226 valence electrons. The molecule has 4 aromatic rings. The fourth-order valence-electron chi connectivity index (χ4n) is 4.40. The number of anilines is 2. The SMILES string of the molecule is COc1ccc(/C=C(\NC(=O)c2ccccc2)C(=O)Nc2ccc(SC(C)C(=O)Nc3cc(C)cc(C)c3)cc2)c(OC)c1. The van der Waals surface area contributed by atoms with Crippen LogP contribution in [0.1, 0.15) is 34.0 Å². The number of rotatable bonds is 11. The van der Waals surface area contributed by atoms with E-state index in [0.717, 1.165) is 21.7 Å². The van der Waals surface area contributed by atoms with Gasteiger partial charge in [-0.05, 0) is 98.6 Å². The minimum Gasteiger partial charge on any atom is -0.497 e. The van der Waals surface area contributed by atoms with Gasteiger partial charge in [0, 0.05) is 33.5 Å². The molecule has 0 aliphatic heterocycles.